The quantitative estimate of drug-likeness (QED) is 0.681. The van der Waals surface area contributed by atoms with Crippen LogP contribution in [0.3, 0.4) is 0 Å². The molecular formula is C20H24N2O2S. The number of fused-ring (bicyclic) bond motifs is 1. The molecule has 0 aliphatic heterocycles. The lowest BCUT2D eigenvalue weighted by Crippen LogP contribution is -2.04. The van der Waals surface area contributed by atoms with E-state index < -0.39 is 5.30 Å². The minimum absolute atomic E-state index is 0.545. The Hall–Kier alpha value is -2.40. The topological polar surface area (TPSA) is 54.3 Å². The fourth-order valence-electron chi connectivity index (χ4n) is 2.79. The van der Waals surface area contributed by atoms with Gasteiger partial charge in [-0.05, 0) is 49.5 Å². The summed E-state index contributed by atoms with van der Waals surface area (Å²) in [6, 6.07) is 8.25. The zero-order valence-corrected chi connectivity index (χ0v) is 15.6. The average molecular weight is 356 g/mol. The second kappa shape index (κ2) is 9.18. The summed E-state index contributed by atoms with van der Waals surface area (Å²) in [4.78, 5) is 10.8. The van der Waals surface area contributed by atoms with Crippen molar-refractivity contribution in [3.8, 4) is 0 Å². The Kier molecular flexibility index (Phi) is 6.95. The minimum Gasteiger partial charge on any atom is -0.473 e. The normalized spacial score (nSPS) is 12.5. The SMILES string of the molecule is C/C=C(\C=C/NC)/C=C/c1c(C)n(CCSC(=O)O)c2ccccc12. The Balaban J connectivity index is 2.38. The van der Waals surface area contributed by atoms with Gasteiger partial charge in [-0.2, -0.15) is 0 Å². The fraction of sp³-hybridized carbons (Fsp3) is 0.250. The Morgan fingerprint density at radius 3 is 2.76 bits per heavy atom. The maximum absolute atomic E-state index is 10.8. The molecule has 0 aliphatic carbocycles. The van der Waals surface area contributed by atoms with Gasteiger partial charge in [-0.1, -0.05) is 36.4 Å². The zero-order valence-electron chi connectivity index (χ0n) is 14.8. The van der Waals surface area contributed by atoms with Crippen molar-refractivity contribution in [2.75, 3.05) is 12.8 Å². The lowest BCUT2D eigenvalue weighted by molar-refractivity contribution is 0.222. The number of carboxylic acid groups (broad SMARTS) is 1. The van der Waals surface area contributed by atoms with E-state index in [4.69, 9.17) is 5.11 Å². The number of hydrogen-bond donors (Lipinski definition) is 2. The third-order valence-electron chi connectivity index (χ3n) is 4.04. The molecule has 0 saturated heterocycles. The second-order valence-corrected chi connectivity index (χ2v) is 6.57. The van der Waals surface area contributed by atoms with Crippen LogP contribution in [0.2, 0.25) is 0 Å². The molecule has 0 bridgehead atoms. The minimum atomic E-state index is -0.830. The molecule has 0 atom stereocenters. The van der Waals surface area contributed by atoms with Crippen LogP contribution in [0.4, 0.5) is 4.79 Å². The van der Waals surface area contributed by atoms with E-state index in [9.17, 15) is 4.79 Å². The molecule has 1 heterocycles. The summed E-state index contributed by atoms with van der Waals surface area (Å²) in [5.41, 5.74) is 4.58. The van der Waals surface area contributed by atoms with E-state index in [2.05, 4.69) is 47.2 Å². The molecule has 0 unspecified atom stereocenters. The Bertz CT molecular complexity index is 832. The molecule has 5 heteroatoms. The summed E-state index contributed by atoms with van der Waals surface area (Å²) in [7, 11) is 1.88. The number of nitrogens with zero attached hydrogens (tertiary/aromatic N) is 1. The van der Waals surface area contributed by atoms with Crippen molar-refractivity contribution in [1.29, 1.82) is 0 Å². The van der Waals surface area contributed by atoms with E-state index in [1.165, 1.54) is 10.9 Å². The number of aryl methyl sites for hydroxylation is 1. The molecule has 4 nitrogen and oxygen atoms in total. The number of benzene rings is 1. The van der Waals surface area contributed by atoms with Gasteiger partial charge in [0.25, 0.3) is 0 Å². The molecule has 0 fully saturated rings. The van der Waals surface area contributed by atoms with E-state index in [-0.39, 0.29) is 0 Å². The summed E-state index contributed by atoms with van der Waals surface area (Å²) < 4.78 is 2.20. The number of carbonyl (C=O) groups is 1. The molecular weight excluding hydrogens is 332 g/mol. The first-order valence-corrected chi connectivity index (χ1v) is 9.18. The summed E-state index contributed by atoms with van der Waals surface area (Å²) in [6.07, 6.45) is 10.2. The van der Waals surface area contributed by atoms with E-state index in [1.54, 1.807) is 0 Å². The summed E-state index contributed by atoms with van der Waals surface area (Å²) >= 11 is 0.936. The second-order valence-electron chi connectivity index (χ2n) is 5.53. The first-order chi connectivity index (χ1) is 12.1. The first kappa shape index (κ1) is 18.9. The Morgan fingerprint density at radius 2 is 2.08 bits per heavy atom. The van der Waals surface area contributed by atoms with E-state index in [0.29, 0.717) is 12.3 Å². The van der Waals surface area contributed by atoms with Gasteiger partial charge >= 0.3 is 5.30 Å². The third kappa shape index (κ3) is 4.79. The number of hydrogen-bond acceptors (Lipinski definition) is 3. The van der Waals surface area contributed by atoms with Crippen LogP contribution in [0.25, 0.3) is 17.0 Å². The standard InChI is InChI=1S/C20H24N2O2S/c1-4-16(11-12-21-3)9-10-17-15(2)22(13-14-25-20(23)24)19-8-6-5-7-18(17)19/h4-12,21H,13-14H2,1-3H3,(H,23,24)/b10-9+,12-11-,16-4-. The molecule has 0 amide bonds. The van der Waals surface area contributed by atoms with Crippen LogP contribution in [-0.4, -0.2) is 27.8 Å². The molecule has 2 rings (SSSR count). The predicted octanol–water partition coefficient (Wildman–Crippen LogP) is 5.05. The van der Waals surface area contributed by atoms with Gasteiger partial charge < -0.3 is 15.0 Å². The molecule has 0 spiro atoms. The molecule has 0 aliphatic rings. The highest BCUT2D eigenvalue weighted by Gasteiger charge is 2.12. The molecule has 132 valence electrons. The molecule has 2 aromatic rings. The molecule has 0 saturated carbocycles. The van der Waals surface area contributed by atoms with Crippen molar-refractivity contribution in [2.45, 2.75) is 20.4 Å². The van der Waals surface area contributed by atoms with E-state index >= 15 is 0 Å². The van der Waals surface area contributed by atoms with Crippen LogP contribution in [0.15, 0.2) is 54.3 Å². The maximum Gasteiger partial charge on any atom is 0.364 e. The van der Waals surface area contributed by atoms with Crippen LogP contribution in [0.5, 0.6) is 0 Å². The van der Waals surface area contributed by atoms with Crippen molar-refractivity contribution in [2.24, 2.45) is 0 Å². The van der Waals surface area contributed by atoms with Crippen molar-refractivity contribution in [1.82, 2.24) is 9.88 Å². The molecule has 1 aromatic heterocycles. The number of allylic oxidation sites excluding steroid dienone is 4. The monoisotopic (exact) mass is 356 g/mol. The first-order valence-electron chi connectivity index (χ1n) is 8.20. The van der Waals surface area contributed by atoms with Gasteiger partial charge in [0.1, 0.15) is 0 Å². The van der Waals surface area contributed by atoms with Crippen LogP contribution in [0, 0.1) is 6.92 Å². The molecule has 1 aromatic carbocycles. The smallest absolute Gasteiger partial charge is 0.364 e. The van der Waals surface area contributed by atoms with Gasteiger partial charge in [-0.25, -0.2) is 4.79 Å². The molecule has 2 N–H and O–H groups in total. The summed E-state index contributed by atoms with van der Waals surface area (Å²) in [5, 5.41) is 12.2. The molecule has 25 heavy (non-hydrogen) atoms. The number of thioether (sulfide) groups is 1. The third-order valence-corrected chi connectivity index (χ3v) is 4.67. The maximum atomic E-state index is 10.8. The summed E-state index contributed by atoms with van der Waals surface area (Å²) in [6.45, 7) is 4.77. The van der Waals surface area contributed by atoms with Crippen LogP contribution < -0.4 is 5.32 Å². The Labute approximate surface area is 152 Å². The average Bonchev–Trinajstić information content (AvgIpc) is 2.87. The van der Waals surface area contributed by atoms with Gasteiger partial charge in [-0.15, -0.1) is 0 Å². The van der Waals surface area contributed by atoms with Gasteiger partial charge in [0, 0.05) is 41.5 Å². The fourth-order valence-corrected chi connectivity index (χ4v) is 3.24. The predicted molar refractivity (Wildman–Crippen MR) is 108 cm³/mol. The zero-order chi connectivity index (χ0) is 18.2. The van der Waals surface area contributed by atoms with Crippen LogP contribution in [0.1, 0.15) is 18.2 Å². The van der Waals surface area contributed by atoms with Crippen molar-refractivity contribution in [3.05, 3.63) is 65.5 Å². The van der Waals surface area contributed by atoms with E-state index in [0.717, 1.165) is 28.5 Å². The molecule has 0 radical (unpaired) electrons. The highest BCUT2D eigenvalue weighted by atomic mass is 32.2. The van der Waals surface area contributed by atoms with Gasteiger partial charge in [0.05, 0.1) is 0 Å². The van der Waals surface area contributed by atoms with Gasteiger partial charge in [0.15, 0.2) is 0 Å². The highest BCUT2D eigenvalue weighted by molar-refractivity contribution is 8.13. The van der Waals surface area contributed by atoms with Crippen LogP contribution in [-0.2, 0) is 6.54 Å². The number of nitrogens with one attached hydrogen (secondary N) is 1. The highest BCUT2D eigenvalue weighted by Crippen LogP contribution is 2.28. The number of para-hydroxylation sites is 1. The van der Waals surface area contributed by atoms with Crippen LogP contribution >= 0.6 is 11.8 Å². The number of aromatic nitrogens is 1. The largest absolute Gasteiger partial charge is 0.473 e. The van der Waals surface area contributed by atoms with E-state index in [1.807, 2.05) is 38.4 Å². The van der Waals surface area contributed by atoms with Crippen molar-refractivity contribution in [3.63, 3.8) is 0 Å². The van der Waals surface area contributed by atoms with Gasteiger partial charge in [0.2, 0.25) is 0 Å². The lowest BCUT2D eigenvalue weighted by Gasteiger charge is -2.07. The Morgan fingerprint density at radius 1 is 1.32 bits per heavy atom. The van der Waals surface area contributed by atoms with Crippen molar-refractivity contribution < 1.29 is 9.90 Å². The number of rotatable bonds is 7. The summed E-state index contributed by atoms with van der Waals surface area (Å²) in [5.74, 6) is 0.545. The van der Waals surface area contributed by atoms with Crippen molar-refractivity contribution >= 4 is 34.0 Å². The lowest BCUT2D eigenvalue weighted by atomic mass is 10.1. The van der Waals surface area contributed by atoms with Gasteiger partial charge in [-0.3, -0.25) is 0 Å².